The Kier molecular flexibility index (Phi) is 8.07. The maximum absolute atomic E-state index is 13.9. The molecule has 0 amide bonds. The van der Waals surface area contributed by atoms with Crippen molar-refractivity contribution in [2.75, 3.05) is 22.5 Å². The number of nitrogen functional groups attached to an aromatic ring is 2. The van der Waals surface area contributed by atoms with Crippen LogP contribution in [0.3, 0.4) is 0 Å². The SMILES string of the molecule is CCCSc1nc(N)c(N)c(NC2C[C@H](O)C(O)[C@@H]2F)n1.Fc1ccc(C2CC2)cc1F. The number of thioether (sulfide) groups is 1. The lowest BCUT2D eigenvalue weighted by Crippen LogP contribution is -2.32. The summed E-state index contributed by atoms with van der Waals surface area (Å²) >= 11 is 1.43. The lowest BCUT2D eigenvalue weighted by molar-refractivity contribution is 0.00989. The van der Waals surface area contributed by atoms with E-state index in [9.17, 15) is 23.4 Å². The number of aromatic nitrogens is 2. The van der Waals surface area contributed by atoms with Crippen molar-refractivity contribution in [3.63, 3.8) is 0 Å². The number of rotatable bonds is 6. The van der Waals surface area contributed by atoms with Crippen LogP contribution in [0.5, 0.6) is 0 Å². The van der Waals surface area contributed by atoms with Crippen LogP contribution >= 0.6 is 11.8 Å². The third-order valence-electron chi connectivity index (χ3n) is 5.30. The van der Waals surface area contributed by atoms with Gasteiger partial charge in [0, 0.05) is 5.75 Å². The Balaban J connectivity index is 0.000000219. The summed E-state index contributed by atoms with van der Waals surface area (Å²) in [5.74, 6) is 0.194. The minimum absolute atomic E-state index is 0.0725. The molecule has 1 aromatic heterocycles. The second-order valence-corrected chi connectivity index (χ2v) is 9.00. The first-order valence-electron chi connectivity index (χ1n) is 10.5. The summed E-state index contributed by atoms with van der Waals surface area (Å²) in [6.45, 7) is 2.03. The molecule has 0 aliphatic heterocycles. The number of nitrogens with two attached hydrogens (primary N) is 2. The summed E-state index contributed by atoms with van der Waals surface area (Å²) < 4.78 is 38.9. The maximum Gasteiger partial charge on any atom is 0.191 e. The van der Waals surface area contributed by atoms with Crippen LogP contribution in [-0.4, -0.2) is 50.4 Å². The van der Waals surface area contributed by atoms with Crippen LogP contribution < -0.4 is 16.8 Å². The molecule has 7 nitrogen and oxygen atoms in total. The molecule has 2 aromatic rings. The topological polar surface area (TPSA) is 130 Å². The van der Waals surface area contributed by atoms with Gasteiger partial charge in [-0.1, -0.05) is 24.8 Å². The summed E-state index contributed by atoms with van der Waals surface area (Å²) in [6, 6.07) is 3.39. The number of aliphatic hydroxyl groups excluding tert-OH is 2. The van der Waals surface area contributed by atoms with Crippen molar-refractivity contribution in [2.24, 2.45) is 0 Å². The number of hydrogen-bond acceptors (Lipinski definition) is 8. The van der Waals surface area contributed by atoms with Gasteiger partial charge < -0.3 is 27.0 Å². The molecule has 11 heteroatoms. The lowest BCUT2D eigenvalue weighted by atomic mass is 10.1. The van der Waals surface area contributed by atoms with Crippen LogP contribution in [-0.2, 0) is 0 Å². The van der Waals surface area contributed by atoms with E-state index in [1.165, 1.54) is 23.9 Å². The summed E-state index contributed by atoms with van der Waals surface area (Å²) in [6.07, 6.45) is -0.848. The molecule has 32 heavy (non-hydrogen) atoms. The summed E-state index contributed by atoms with van der Waals surface area (Å²) in [5, 5.41) is 22.2. The Labute approximate surface area is 188 Å². The average Bonchev–Trinajstić information content (AvgIpc) is 3.58. The van der Waals surface area contributed by atoms with Crippen molar-refractivity contribution in [1.82, 2.24) is 9.97 Å². The number of benzene rings is 1. The van der Waals surface area contributed by atoms with Gasteiger partial charge in [0.25, 0.3) is 0 Å². The highest BCUT2D eigenvalue weighted by Gasteiger charge is 2.42. The lowest BCUT2D eigenvalue weighted by Gasteiger charge is -2.18. The normalized spacial score (nSPS) is 24.7. The first-order chi connectivity index (χ1) is 15.2. The van der Waals surface area contributed by atoms with Gasteiger partial charge in [-0.05, 0) is 49.3 Å². The summed E-state index contributed by atoms with van der Waals surface area (Å²) in [7, 11) is 0. The number of aliphatic hydroxyl groups is 2. The van der Waals surface area contributed by atoms with Gasteiger partial charge in [-0.3, -0.25) is 0 Å². The summed E-state index contributed by atoms with van der Waals surface area (Å²) in [4.78, 5) is 8.29. The van der Waals surface area contributed by atoms with E-state index in [1.54, 1.807) is 6.07 Å². The number of nitrogens with zero attached hydrogens (tertiary/aromatic N) is 2. The number of nitrogens with one attached hydrogen (secondary N) is 1. The minimum Gasteiger partial charge on any atom is -0.393 e. The average molecular weight is 472 g/mol. The van der Waals surface area contributed by atoms with Gasteiger partial charge in [-0.15, -0.1) is 0 Å². The molecule has 1 aromatic carbocycles. The molecule has 2 fully saturated rings. The molecule has 2 aliphatic rings. The third kappa shape index (κ3) is 5.96. The van der Waals surface area contributed by atoms with Crippen molar-refractivity contribution in [3.05, 3.63) is 35.4 Å². The van der Waals surface area contributed by atoms with E-state index in [1.807, 2.05) is 6.92 Å². The van der Waals surface area contributed by atoms with Crippen molar-refractivity contribution in [3.8, 4) is 0 Å². The third-order valence-corrected chi connectivity index (χ3v) is 6.36. The molecule has 2 aliphatic carbocycles. The number of halogens is 3. The standard InChI is InChI=1S/C12H20FN5O2S.C9H8F2/c1-2-3-21-12-17-10(15)8(14)11(18-12)16-5-4-6(19)9(20)7(5)13;10-8-4-3-7(5-9(8)11)6-1-2-6/h5-7,9,19-20H,2-4,14H2,1H3,(H3,15,16,17,18);3-6H,1-2H2/t5?,6-,7+,9?;/m0./s1. The molecule has 176 valence electrons. The van der Waals surface area contributed by atoms with Crippen LogP contribution in [0.2, 0.25) is 0 Å². The van der Waals surface area contributed by atoms with Crippen LogP contribution in [0.4, 0.5) is 30.5 Å². The van der Waals surface area contributed by atoms with Crippen LogP contribution in [0.1, 0.15) is 44.1 Å². The Bertz CT molecular complexity index is 935. The quantitative estimate of drug-likeness (QED) is 0.321. The highest BCUT2D eigenvalue weighted by Crippen LogP contribution is 2.40. The molecule has 2 unspecified atom stereocenters. The second-order valence-electron chi connectivity index (χ2n) is 7.94. The van der Waals surface area contributed by atoms with E-state index in [4.69, 9.17) is 11.5 Å². The van der Waals surface area contributed by atoms with Gasteiger partial charge in [-0.2, -0.15) is 0 Å². The molecular weight excluding hydrogens is 443 g/mol. The largest absolute Gasteiger partial charge is 0.393 e. The molecule has 2 saturated carbocycles. The molecule has 4 rings (SSSR count). The van der Waals surface area contributed by atoms with Crippen molar-refractivity contribution in [2.45, 2.75) is 68.1 Å². The molecule has 0 spiro atoms. The molecule has 0 radical (unpaired) electrons. The smallest absolute Gasteiger partial charge is 0.191 e. The predicted octanol–water partition coefficient (Wildman–Crippen LogP) is 3.23. The fraction of sp³-hybridized carbons (Fsp3) is 0.524. The molecule has 4 atom stereocenters. The van der Waals surface area contributed by atoms with Gasteiger partial charge in [-0.25, -0.2) is 23.1 Å². The van der Waals surface area contributed by atoms with Gasteiger partial charge in [0.1, 0.15) is 18.0 Å². The minimum atomic E-state index is -1.60. The first-order valence-corrected chi connectivity index (χ1v) is 11.5. The van der Waals surface area contributed by atoms with E-state index in [0.717, 1.165) is 30.6 Å². The van der Waals surface area contributed by atoms with E-state index in [-0.39, 0.29) is 23.7 Å². The zero-order valence-corrected chi connectivity index (χ0v) is 18.5. The monoisotopic (exact) mass is 471 g/mol. The Morgan fingerprint density at radius 3 is 2.44 bits per heavy atom. The molecule has 0 bridgehead atoms. The van der Waals surface area contributed by atoms with E-state index >= 15 is 0 Å². The van der Waals surface area contributed by atoms with Gasteiger partial charge in [0.05, 0.1) is 12.1 Å². The van der Waals surface area contributed by atoms with Crippen LogP contribution in [0.25, 0.3) is 0 Å². The number of hydrogen-bond donors (Lipinski definition) is 5. The van der Waals surface area contributed by atoms with Crippen molar-refractivity contribution < 1.29 is 23.4 Å². The fourth-order valence-electron chi connectivity index (χ4n) is 3.31. The van der Waals surface area contributed by atoms with E-state index < -0.39 is 36.1 Å². The van der Waals surface area contributed by atoms with E-state index in [2.05, 4.69) is 15.3 Å². The second kappa shape index (κ2) is 10.6. The molecule has 1 heterocycles. The van der Waals surface area contributed by atoms with Crippen molar-refractivity contribution >= 4 is 29.1 Å². The fourth-order valence-corrected chi connectivity index (χ4v) is 4.02. The zero-order valence-electron chi connectivity index (χ0n) is 17.6. The first kappa shape index (κ1) is 24.4. The van der Waals surface area contributed by atoms with Gasteiger partial charge in [0.15, 0.2) is 28.4 Å². The Morgan fingerprint density at radius 1 is 1.16 bits per heavy atom. The van der Waals surface area contributed by atoms with Crippen LogP contribution in [0.15, 0.2) is 23.4 Å². The molecular formula is C21H28F3N5O2S. The molecule has 7 N–H and O–H groups in total. The predicted molar refractivity (Wildman–Crippen MR) is 119 cm³/mol. The zero-order chi connectivity index (χ0) is 23.4. The van der Waals surface area contributed by atoms with Crippen molar-refractivity contribution in [1.29, 1.82) is 0 Å². The Morgan fingerprint density at radius 2 is 1.88 bits per heavy atom. The number of anilines is 3. The van der Waals surface area contributed by atoms with Crippen LogP contribution in [0, 0.1) is 11.6 Å². The highest BCUT2D eigenvalue weighted by molar-refractivity contribution is 7.99. The highest BCUT2D eigenvalue weighted by atomic mass is 32.2. The summed E-state index contributed by atoms with van der Waals surface area (Å²) in [5.41, 5.74) is 12.6. The van der Waals surface area contributed by atoms with E-state index in [0.29, 0.717) is 11.1 Å². The number of alkyl halides is 1. The van der Waals surface area contributed by atoms with Gasteiger partial charge >= 0.3 is 0 Å². The molecule has 0 saturated heterocycles. The maximum atomic E-state index is 13.9. The Hall–Kier alpha value is -2.24. The van der Waals surface area contributed by atoms with Gasteiger partial charge in [0.2, 0.25) is 0 Å².